The van der Waals surface area contributed by atoms with Gasteiger partial charge >= 0.3 is 0 Å². The van der Waals surface area contributed by atoms with Gasteiger partial charge in [0.2, 0.25) is 5.95 Å². The summed E-state index contributed by atoms with van der Waals surface area (Å²) in [5.41, 5.74) is 7.69. The summed E-state index contributed by atoms with van der Waals surface area (Å²) in [7, 11) is 0. The zero-order chi connectivity index (χ0) is 13.3. The molecule has 0 saturated heterocycles. The van der Waals surface area contributed by atoms with Crippen molar-refractivity contribution < 1.29 is 0 Å². The van der Waals surface area contributed by atoms with E-state index < -0.39 is 0 Å². The van der Waals surface area contributed by atoms with Gasteiger partial charge in [0.1, 0.15) is 0 Å². The smallest absolute Gasteiger partial charge is 0.219 e. The van der Waals surface area contributed by atoms with Crippen LogP contribution in [0.25, 0.3) is 11.1 Å². The van der Waals surface area contributed by atoms with E-state index in [2.05, 4.69) is 58.5 Å². The molecule has 0 saturated carbocycles. The first-order chi connectivity index (χ1) is 9.36. The van der Waals surface area contributed by atoms with Gasteiger partial charge in [-0.15, -0.1) is 0 Å². The molecule has 2 aromatic carbocycles. The highest BCUT2D eigenvalue weighted by atomic mass is 15.0. The van der Waals surface area contributed by atoms with E-state index in [0.717, 1.165) is 0 Å². The predicted octanol–water partition coefficient (Wildman–Crippen LogP) is 3.41. The first-order valence-electron chi connectivity index (χ1n) is 5.99. The molecule has 3 heteroatoms. The summed E-state index contributed by atoms with van der Waals surface area (Å²) in [6, 6.07) is 22.5. The van der Waals surface area contributed by atoms with Crippen LogP contribution in [0.4, 0.5) is 5.95 Å². The summed E-state index contributed by atoms with van der Waals surface area (Å²) in [5, 5.41) is 0. The molecule has 0 unspecified atom stereocenters. The fraction of sp³-hybridized carbons (Fsp3) is 0. The number of hydrogen-bond acceptors (Lipinski definition) is 3. The third-order valence-electron chi connectivity index (χ3n) is 2.47. The van der Waals surface area contributed by atoms with Gasteiger partial charge in [0, 0.05) is 12.4 Å². The average molecular weight is 249 g/mol. The lowest BCUT2D eigenvalue weighted by atomic mass is 10.1. The summed E-state index contributed by atoms with van der Waals surface area (Å²) in [4.78, 5) is 7.29. The molecule has 2 N–H and O–H groups in total. The summed E-state index contributed by atoms with van der Waals surface area (Å²) in [6.45, 7) is 0. The fourth-order valence-corrected chi connectivity index (χ4v) is 1.57. The average Bonchev–Trinajstić information content (AvgIpc) is 2.51. The molecule has 94 valence electrons. The van der Waals surface area contributed by atoms with Gasteiger partial charge in [0.15, 0.2) is 0 Å². The van der Waals surface area contributed by atoms with Crippen LogP contribution in [-0.4, -0.2) is 9.97 Å². The van der Waals surface area contributed by atoms with Crippen molar-refractivity contribution >= 4 is 5.95 Å². The molecule has 0 atom stereocenters. The number of rotatable bonds is 1. The molecule has 0 aliphatic heterocycles. The van der Waals surface area contributed by atoms with Gasteiger partial charge in [-0.3, -0.25) is 0 Å². The lowest BCUT2D eigenvalue weighted by molar-refractivity contribution is 1.19. The maximum Gasteiger partial charge on any atom is 0.219 e. The number of nitrogens with two attached hydrogens (primary N) is 1. The number of nitrogen functional groups attached to an aromatic ring is 1. The van der Waals surface area contributed by atoms with E-state index >= 15 is 0 Å². The van der Waals surface area contributed by atoms with Crippen molar-refractivity contribution in [3.63, 3.8) is 0 Å². The van der Waals surface area contributed by atoms with Gasteiger partial charge in [-0.05, 0) is 17.2 Å². The summed E-state index contributed by atoms with van der Waals surface area (Å²) in [6.07, 6.45) is 3.20. The van der Waals surface area contributed by atoms with Crippen LogP contribution in [0.5, 0.6) is 0 Å². The first-order valence-corrected chi connectivity index (χ1v) is 5.99. The van der Waals surface area contributed by atoms with Gasteiger partial charge in [-0.25, -0.2) is 9.97 Å². The highest BCUT2D eigenvalue weighted by Gasteiger charge is 1.91. The molecule has 0 aliphatic carbocycles. The lowest BCUT2D eigenvalue weighted by Crippen LogP contribution is -1.90. The Morgan fingerprint density at radius 3 is 1.32 bits per heavy atom. The molecule has 0 aliphatic rings. The third kappa shape index (κ3) is 4.24. The quantitative estimate of drug-likeness (QED) is 0.719. The van der Waals surface area contributed by atoms with Crippen LogP contribution in [0, 0.1) is 0 Å². The van der Waals surface area contributed by atoms with Crippen LogP contribution < -0.4 is 5.73 Å². The minimum Gasteiger partial charge on any atom is -0.368 e. The van der Waals surface area contributed by atoms with E-state index in [0.29, 0.717) is 5.95 Å². The second kappa shape index (κ2) is 6.91. The highest BCUT2D eigenvalue weighted by Crippen LogP contribution is 2.17. The number of anilines is 1. The fourth-order valence-electron chi connectivity index (χ4n) is 1.57. The molecule has 0 bridgehead atoms. The Balaban J connectivity index is 0.000000163. The SMILES string of the molecule is Nc1ncccn1.c1ccc(-c2ccccc2)cc1. The maximum absolute atomic E-state index is 5.14. The molecular weight excluding hydrogens is 234 g/mol. The molecule has 3 nitrogen and oxygen atoms in total. The topological polar surface area (TPSA) is 51.8 Å². The van der Waals surface area contributed by atoms with E-state index in [1.807, 2.05) is 12.1 Å². The second-order valence-electron chi connectivity index (χ2n) is 3.84. The Labute approximate surface area is 112 Å². The first kappa shape index (κ1) is 12.8. The van der Waals surface area contributed by atoms with Crippen LogP contribution in [0.2, 0.25) is 0 Å². The van der Waals surface area contributed by atoms with Crippen molar-refractivity contribution in [2.75, 3.05) is 5.73 Å². The third-order valence-corrected chi connectivity index (χ3v) is 2.47. The molecular formula is C16H15N3. The molecule has 0 amide bonds. The van der Waals surface area contributed by atoms with Crippen molar-refractivity contribution in [3.8, 4) is 11.1 Å². The summed E-state index contributed by atoms with van der Waals surface area (Å²) < 4.78 is 0. The Hall–Kier alpha value is -2.68. The van der Waals surface area contributed by atoms with E-state index in [4.69, 9.17) is 5.73 Å². The lowest BCUT2D eigenvalue weighted by Gasteiger charge is -1.98. The minimum absolute atomic E-state index is 0.322. The minimum atomic E-state index is 0.322. The molecule has 3 aromatic rings. The number of hydrogen-bond donors (Lipinski definition) is 1. The normalized spacial score (nSPS) is 9.26. The van der Waals surface area contributed by atoms with Gasteiger partial charge in [0.25, 0.3) is 0 Å². The Morgan fingerprint density at radius 1 is 0.579 bits per heavy atom. The van der Waals surface area contributed by atoms with Crippen molar-refractivity contribution in [1.82, 2.24) is 9.97 Å². The van der Waals surface area contributed by atoms with Crippen molar-refractivity contribution in [1.29, 1.82) is 0 Å². The highest BCUT2D eigenvalue weighted by molar-refractivity contribution is 5.62. The van der Waals surface area contributed by atoms with Gasteiger partial charge in [-0.2, -0.15) is 0 Å². The van der Waals surface area contributed by atoms with E-state index in [1.54, 1.807) is 18.5 Å². The Morgan fingerprint density at radius 2 is 1.00 bits per heavy atom. The largest absolute Gasteiger partial charge is 0.368 e. The van der Waals surface area contributed by atoms with Gasteiger partial charge in [-0.1, -0.05) is 60.7 Å². The summed E-state index contributed by atoms with van der Waals surface area (Å²) in [5.74, 6) is 0.322. The second-order valence-corrected chi connectivity index (χ2v) is 3.84. The molecule has 3 rings (SSSR count). The van der Waals surface area contributed by atoms with Gasteiger partial charge < -0.3 is 5.73 Å². The van der Waals surface area contributed by atoms with Crippen molar-refractivity contribution in [2.24, 2.45) is 0 Å². The van der Waals surface area contributed by atoms with Crippen LogP contribution in [0.15, 0.2) is 79.1 Å². The number of aromatic nitrogens is 2. The van der Waals surface area contributed by atoms with Crippen LogP contribution >= 0.6 is 0 Å². The zero-order valence-corrected chi connectivity index (χ0v) is 10.5. The van der Waals surface area contributed by atoms with E-state index in [9.17, 15) is 0 Å². The number of benzene rings is 2. The number of nitrogens with zero attached hydrogens (tertiary/aromatic N) is 2. The van der Waals surface area contributed by atoms with Crippen LogP contribution in [-0.2, 0) is 0 Å². The molecule has 19 heavy (non-hydrogen) atoms. The van der Waals surface area contributed by atoms with Crippen LogP contribution in [0.1, 0.15) is 0 Å². The van der Waals surface area contributed by atoms with Crippen molar-refractivity contribution in [3.05, 3.63) is 79.1 Å². The monoisotopic (exact) mass is 249 g/mol. The zero-order valence-electron chi connectivity index (χ0n) is 10.5. The molecule has 0 spiro atoms. The van der Waals surface area contributed by atoms with Gasteiger partial charge in [0.05, 0.1) is 0 Å². The maximum atomic E-state index is 5.14. The van der Waals surface area contributed by atoms with Crippen molar-refractivity contribution in [2.45, 2.75) is 0 Å². The molecule has 1 aromatic heterocycles. The Bertz CT molecular complexity index is 543. The molecule has 1 heterocycles. The summed E-state index contributed by atoms with van der Waals surface area (Å²) >= 11 is 0. The standard InChI is InChI=1S/C12H10.C4H5N3/c1-3-7-11(8-4-1)12-9-5-2-6-10-12;5-4-6-2-1-3-7-4/h1-10H;1-3H,(H2,5,6,7). The van der Waals surface area contributed by atoms with Crippen LogP contribution in [0.3, 0.4) is 0 Å². The predicted molar refractivity (Wildman–Crippen MR) is 78.3 cm³/mol. The van der Waals surface area contributed by atoms with E-state index in [1.165, 1.54) is 11.1 Å². The molecule has 0 radical (unpaired) electrons. The molecule has 0 fully saturated rings. The van der Waals surface area contributed by atoms with E-state index in [-0.39, 0.29) is 0 Å². The Kier molecular flexibility index (Phi) is 4.64.